The van der Waals surface area contributed by atoms with Crippen LogP contribution in [0.3, 0.4) is 0 Å². The molecule has 2 rings (SSSR count). The molecule has 2 aromatic rings. The summed E-state index contributed by atoms with van der Waals surface area (Å²) < 4.78 is 40.1. The molecule has 0 unspecified atom stereocenters. The van der Waals surface area contributed by atoms with Crippen LogP contribution in [0.5, 0.6) is 0 Å². The fourth-order valence-electron chi connectivity index (χ4n) is 2.17. The number of halogens is 3. The number of aromatic nitrogens is 2. The summed E-state index contributed by atoms with van der Waals surface area (Å²) in [6.07, 6.45) is -4.43. The van der Waals surface area contributed by atoms with E-state index in [2.05, 4.69) is 5.10 Å². The molecule has 1 aromatic carbocycles. The second kappa shape index (κ2) is 5.54. The van der Waals surface area contributed by atoms with Crippen LogP contribution in [-0.2, 0) is 6.18 Å². The van der Waals surface area contributed by atoms with Gasteiger partial charge in [-0.1, -0.05) is 39.8 Å². The molecule has 5 heteroatoms. The maximum Gasteiger partial charge on any atom is 0.435 e. The molecular weight excluding hydrogens is 277 g/mol. The molecule has 2 nitrogen and oxygen atoms in total. The van der Waals surface area contributed by atoms with E-state index in [1.165, 1.54) is 4.68 Å². The largest absolute Gasteiger partial charge is 0.435 e. The zero-order valence-electron chi connectivity index (χ0n) is 12.6. The van der Waals surface area contributed by atoms with E-state index in [0.29, 0.717) is 17.3 Å². The maximum absolute atomic E-state index is 12.9. The quantitative estimate of drug-likeness (QED) is 0.767. The fraction of sp³-hybridized carbons (Fsp3) is 0.438. The molecule has 0 spiro atoms. The third-order valence-electron chi connectivity index (χ3n) is 3.40. The molecule has 114 valence electrons. The highest BCUT2D eigenvalue weighted by atomic mass is 19.4. The van der Waals surface area contributed by atoms with Crippen molar-refractivity contribution in [2.24, 2.45) is 0 Å². The minimum atomic E-state index is -4.43. The van der Waals surface area contributed by atoms with Crippen LogP contribution in [0.1, 0.15) is 56.5 Å². The fourth-order valence-corrected chi connectivity index (χ4v) is 2.17. The van der Waals surface area contributed by atoms with Crippen LogP contribution in [0.4, 0.5) is 13.2 Å². The normalized spacial score (nSPS) is 12.4. The first-order valence-electron chi connectivity index (χ1n) is 6.97. The van der Waals surface area contributed by atoms with Gasteiger partial charge in [0, 0.05) is 5.69 Å². The van der Waals surface area contributed by atoms with Crippen LogP contribution in [0.2, 0.25) is 0 Å². The van der Waals surface area contributed by atoms with Gasteiger partial charge in [-0.15, -0.1) is 0 Å². The molecule has 0 atom stereocenters. The van der Waals surface area contributed by atoms with Gasteiger partial charge in [0.2, 0.25) is 0 Å². The molecular formula is C16H19F3N2. The Hall–Kier alpha value is -1.78. The summed E-state index contributed by atoms with van der Waals surface area (Å²) in [4.78, 5) is 0. The lowest BCUT2D eigenvalue weighted by atomic mass is 10.0. The molecule has 0 radical (unpaired) electrons. The number of nitrogens with zero attached hydrogens (tertiary/aromatic N) is 2. The first-order valence-corrected chi connectivity index (χ1v) is 6.97. The Bertz CT molecular complexity index is 625. The molecule has 0 fully saturated rings. The number of hydrogen-bond acceptors (Lipinski definition) is 1. The lowest BCUT2D eigenvalue weighted by Gasteiger charge is -2.12. The average molecular weight is 296 g/mol. The van der Waals surface area contributed by atoms with Crippen LogP contribution in [0.25, 0.3) is 5.69 Å². The standard InChI is InChI=1S/C16H19F3N2/c1-10(2)12-6-5-7-13(8-12)21-14(11(3)4)9-15(20-21)16(17,18)19/h5-11H,1-4H3. The Balaban J connectivity index is 2.57. The van der Waals surface area contributed by atoms with Gasteiger partial charge >= 0.3 is 6.18 Å². The summed E-state index contributed by atoms with van der Waals surface area (Å²) in [5.74, 6) is 0.265. The molecule has 1 aromatic heterocycles. The summed E-state index contributed by atoms with van der Waals surface area (Å²) in [7, 11) is 0. The Morgan fingerprint density at radius 1 is 1.00 bits per heavy atom. The number of hydrogen-bond donors (Lipinski definition) is 0. The van der Waals surface area contributed by atoms with Crippen molar-refractivity contribution in [2.75, 3.05) is 0 Å². The van der Waals surface area contributed by atoms with Crippen molar-refractivity contribution in [2.45, 2.75) is 45.7 Å². The van der Waals surface area contributed by atoms with E-state index in [-0.39, 0.29) is 5.92 Å². The van der Waals surface area contributed by atoms with Gasteiger partial charge in [0.1, 0.15) is 0 Å². The molecule has 1 heterocycles. The van der Waals surface area contributed by atoms with E-state index in [9.17, 15) is 13.2 Å². The zero-order valence-corrected chi connectivity index (χ0v) is 12.6. The Labute approximate surface area is 122 Å². The van der Waals surface area contributed by atoms with E-state index in [1.807, 2.05) is 45.9 Å². The molecule has 21 heavy (non-hydrogen) atoms. The van der Waals surface area contributed by atoms with Crippen LogP contribution in [0.15, 0.2) is 30.3 Å². The molecule has 0 saturated carbocycles. The van der Waals surface area contributed by atoms with E-state index in [0.717, 1.165) is 11.6 Å². The highest BCUT2D eigenvalue weighted by molar-refractivity contribution is 5.39. The van der Waals surface area contributed by atoms with Crippen molar-refractivity contribution >= 4 is 0 Å². The molecule has 0 aliphatic carbocycles. The van der Waals surface area contributed by atoms with Crippen LogP contribution >= 0.6 is 0 Å². The monoisotopic (exact) mass is 296 g/mol. The van der Waals surface area contributed by atoms with Gasteiger partial charge in [-0.05, 0) is 35.6 Å². The summed E-state index contributed by atoms with van der Waals surface area (Å²) >= 11 is 0. The lowest BCUT2D eigenvalue weighted by Crippen LogP contribution is -2.08. The Kier molecular flexibility index (Phi) is 4.12. The first kappa shape index (κ1) is 15.6. The van der Waals surface area contributed by atoms with Crippen molar-refractivity contribution in [1.29, 1.82) is 0 Å². The van der Waals surface area contributed by atoms with E-state index < -0.39 is 11.9 Å². The zero-order chi connectivity index (χ0) is 15.8. The Morgan fingerprint density at radius 3 is 2.19 bits per heavy atom. The van der Waals surface area contributed by atoms with Crippen molar-refractivity contribution in [1.82, 2.24) is 9.78 Å². The van der Waals surface area contributed by atoms with Crippen LogP contribution < -0.4 is 0 Å². The van der Waals surface area contributed by atoms with Gasteiger partial charge in [-0.25, -0.2) is 4.68 Å². The minimum Gasteiger partial charge on any atom is -0.237 e. The SMILES string of the molecule is CC(C)c1cccc(-n2nc(C(F)(F)F)cc2C(C)C)c1. The third kappa shape index (κ3) is 3.28. The van der Waals surface area contributed by atoms with Crippen molar-refractivity contribution in [3.63, 3.8) is 0 Å². The molecule has 0 N–H and O–H groups in total. The van der Waals surface area contributed by atoms with Crippen molar-refractivity contribution in [3.05, 3.63) is 47.3 Å². The second-order valence-corrected chi connectivity index (χ2v) is 5.77. The lowest BCUT2D eigenvalue weighted by molar-refractivity contribution is -0.141. The van der Waals surface area contributed by atoms with Crippen LogP contribution in [-0.4, -0.2) is 9.78 Å². The molecule has 0 bridgehead atoms. The van der Waals surface area contributed by atoms with Crippen molar-refractivity contribution in [3.8, 4) is 5.69 Å². The second-order valence-electron chi connectivity index (χ2n) is 5.77. The third-order valence-corrected chi connectivity index (χ3v) is 3.40. The smallest absolute Gasteiger partial charge is 0.237 e. The highest BCUT2D eigenvalue weighted by Crippen LogP contribution is 2.32. The van der Waals surface area contributed by atoms with Gasteiger partial charge in [-0.3, -0.25) is 0 Å². The molecule has 0 aliphatic heterocycles. The van der Waals surface area contributed by atoms with Crippen LogP contribution in [0, 0.1) is 0 Å². The summed E-state index contributed by atoms with van der Waals surface area (Å²) in [6, 6.07) is 8.63. The van der Waals surface area contributed by atoms with Crippen molar-refractivity contribution < 1.29 is 13.2 Å². The highest BCUT2D eigenvalue weighted by Gasteiger charge is 2.35. The predicted molar refractivity (Wildman–Crippen MR) is 76.7 cm³/mol. The Morgan fingerprint density at radius 2 is 1.67 bits per heavy atom. The number of alkyl halides is 3. The number of benzene rings is 1. The van der Waals surface area contributed by atoms with Gasteiger partial charge in [0.15, 0.2) is 5.69 Å². The van der Waals surface area contributed by atoms with Gasteiger partial charge in [0.05, 0.1) is 5.69 Å². The molecule has 0 aliphatic rings. The summed E-state index contributed by atoms with van der Waals surface area (Å²) in [5.41, 5.74) is 1.45. The maximum atomic E-state index is 12.9. The average Bonchev–Trinajstić information content (AvgIpc) is 2.84. The first-order chi connectivity index (χ1) is 9.70. The van der Waals surface area contributed by atoms with Gasteiger partial charge < -0.3 is 0 Å². The minimum absolute atomic E-state index is 0.0451. The predicted octanol–water partition coefficient (Wildman–Crippen LogP) is 5.14. The summed E-state index contributed by atoms with van der Waals surface area (Å²) in [5, 5.41) is 3.77. The molecule has 0 saturated heterocycles. The topological polar surface area (TPSA) is 17.8 Å². The van der Waals surface area contributed by atoms with E-state index in [1.54, 1.807) is 6.07 Å². The number of rotatable bonds is 3. The van der Waals surface area contributed by atoms with Gasteiger partial charge in [0.25, 0.3) is 0 Å². The van der Waals surface area contributed by atoms with E-state index in [4.69, 9.17) is 0 Å². The molecule has 0 amide bonds. The van der Waals surface area contributed by atoms with Gasteiger partial charge in [-0.2, -0.15) is 18.3 Å². The van der Waals surface area contributed by atoms with E-state index >= 15 is 0 Å². The summed E-state index contributed by atoms with van der Waals surface area (Å²) in [6.45, 7) is 7.82.